The Balaban J connectivity index is 2.11. The maximum Gasteiger partial charge on any atom is 0.305 e. The Hall–Kier alpha value is -2.82. The molecule has 5 nitrogen and oxygen atoms in total. The van der Waals surface area contributed by atoms with Crippen LogP contribution < -0.4 is 4.74 Å². The Morgan fingerprint density at radius 2 is 1.63 bits per heavy atom. The smallest absolute Gasteiger partial charge is 0.305 e. The molecular formula is C30H43NO4. The quantitative estimate of drug-likeness (QED) is 0.192. The maximum atomic E-state index is 12.6. The topological polar surface area (TPSA) is 55.8 Å². The molecule has 5 heteroatoms. The highest BCUT2D eigenvalue weighted by Gasteiger charge is 2.13. The number of carbonyl (C=O) groups is 2. The van der Waals surface area contributed by atoms with E-state index < -0.39 is 0 Å². The summed E-state index contributed by atoms with van der Waals surface area (Å²) in [5, 5.41) is 0. The Morgan fingerprint density at radius 1 is 0.857 bits per heavy atom. The largest absolute Gasteiger partial charge is 0.493 e. The summed E-state index contributed by atoms with van der Waals surface area (Å²) in [5.74, 6) is 0.815. The fourth-order valence-electron chi connectivity index (χ4n) is 4.02. The molecule has 0 aliphatic carbocycles. The molecule has 0 aliphatic heterocycles. The summed E-state index contributed by atoms with van der Waals surface area (Å²) < 4.78 is 10.9. The molecule has 0 aromatic heterocycles. The second-order valence-electron chi connectivity index (χ2n) is 9.22. The van der Waals surface area contributed by atoms with Gasteiger partial charge in [0.05, 0.1) is 13.7 Å². The van der Waals surface area contributed by atoms with Gasteiger partial charge in [0.2, 0.25) is 5.91 Å². The SMILES string of the molecule is CCCCCCCC(=O)N(C)Cc1cccc(-c2ccc(CCC(=O)OC)cc2OCCCC)c1. The predicted molar refractivity (Wildman–Crippen MR) is 142 cm³/mol. The van der Waals surface area contributed by atoms with E-state index in [1.807, 2.05) is 30.1 Å². The summed E-state index contributed by atoms with van der Waals surface area (Å²) in [6, 6.07) is 14.5. The van der Waals surface area contributed by atoms with Gasteiger partial charge in [-0.3, -0.25) is 9.59 Å². The number of hydrogen-bond acceptors (Lipinski definition) is 4. The van der Waals surface area contributed by atoms with Crippen LogP contribution in [0.15, 0.2) is 42.5 Å². The van der Waals surface area contributed by atoms with E-state index in [9.17, 15) is 9.59 Å². The molecule has 2 aromatic carbocycles. The normalized spacial score (nSPS) is 10.7. The van der Waals surface area contributed by atoms with E-state index in [4.69, 9.17) is 9.47 Å². The van der Waals surface area contributed by atoms with Crippen molar-refractivity contribution in [3.8, 4) is 16.9 Å². The molecule has 0 fully saturated rings. The highest BCUT2D eigenvalue weighted by molar-refractivity contribution is 5.76. The second kappa shape index (κ2) is 16.0. The van der Waals surface area contributed by atoms with Crippen molar-refractivity contribution in [2.24, 2.45) is 0 Å². The monoisotopic (exact) mass is 481 g/mol. The molecule has 0 saturated heterocycles. The van der Waals surface area contributed by atoms with Crippen LogP contribution in [0.2, 0.25) is 0 Å². The van der Waals surface area contributed by atoms with Crippen molar-refractivity contribution >= 4 is 11.9 Å². The number of nitrogens with zero attached hydrogens (tertiary/aromatic N) is 1. The highest BCUT2D eigenvalue weighted by Crippen LogP contribution is 2.32. The van der Waals surface area contributed by atoms with Gasteiger partial charge in [-0.1, -0.05) is 76.3 Å². The van der Waals surface area contributed by atoms with Crippen molar-refractivity contribution in [3.05, 3.63) is 53.6 Å². The lowest BCUT2D eigenvalue weighted by molar-refractivity contribution is -0.140. The standard InChI is InChI=1S/C30H43NO4/c1-5-7-9-10-11-15-29(32)31(3)23-25-13-12-14-26(21-25)27-18-16-24(17-19-30(33)34-4)22-28(27)35-20-8-6-2/h12-14,16,18,21-22H,5-11,15,17,19-20,23H2,1-4H3. The molecule has 0 radical (unpaired) electrons. The average Bonchev–Trinajstić information content (AvgIpc) is 2.87. The zero-order valence-corrected chi connectivity index (χ0v) is 22.1. The second-order valence-corrected chi connectivity index (χ2v) is 9.22. The Labute approximate surface area is 211 Å². The zero-order valence-electron chi connectivity index (χ0n) is 22.1. The zero-order chi connectivity index (χ0) is 25.5. The Morgan fingerprint density at radius 3 is 2.37 bits per heavy atom. The summed E-state index contributed by atoms with van der Waals surface area (Å²) in [5.41, 5.74) is 4.23. The molecule has 2 rings (SSSR count). The van der Waals surface area contributed by atoms with Crippen LogP contribution >= 0.6 is 0 Å². The number of esters is 1. The van der Waals surface area contributed by atoms with E-state index in [0.29, 0.717) is 32.4 Å². The summed E-state index contributed by atoms with van der Waals surface area (Å²) in [6.07, 6.45) is 9.37. The van der Waals surface area contributed by atoms with Gasteiger partial charge in [-0.2, -0.15) is 0 Å². The van der Waals surface area contributed by atoms with Gasteiger partial charge in [-0.25, -0.2) is 0 Å². The van der Waals surface area contributed by atoms with Crippen LogP contribution in [0, 0.1) is 0 Å². The molecule has 0 heterocycles. The lowest BCUT2D eigenvalue weighted by atomic mass is 9.99. The Bertz CT molecular complexity index is 924. The minimum atomic E-state index is -0.213. The molecular weight excluding hydrogens is 438 g/mol. The van der Waals surface area contributed by atoms with E-state index in [2.05, 4.69) is 38.1 Å². The van der Waals surface area contributed by atoms with Crippen molar-refractivity contribution < 1.29 is 19.1 Å². The highest BCUT2D eigenvalue weighted by atomic mass is 16.5. The Kier molecular flexibility index (Phi) is 13.0. The molecule has 0 unspecified atom stereocenters. The van der Waals surface area contributed by atoms with Crippen LogP contribution in [0.3, 0.4) is 0 Å². The summed E-state index contributed by atoms with van der Waals surface area (Å²) in [4.78, 5) is 26.0. The number of ether oxygens (including phenoxy) is 2. The number of rotatable bonds is 16. The van der Waals surface area contributed by atoms with Crippen LogP contribution in [0.4, 0.5) is 0 Å². The van der Waals surface area contributed by atoms with E-state index in [-0.39, 0.29) is 11.9 Å². The lowest BCUT2D eigenvalue weighted by Gasteiger charge is -2.18. The number of benzene rings is 2. The van der Waals surface area contributed by atoms with Gasteiger partial charge in [0.25, 0.3) is 0 Å². The molecule has 1 amide bonds. The van der Waals surface area contributed by atoms with Gasteiger partial charge < -0.3 is 14.4 Å². The molecule has 0 saturated carbocycles. The molecule has 0 N–H and O–H groups in total. The van der Waals surface area contributed by atoms with Gasteiger partial charge in [0.15, 0.2) is 0 Å². The molecule has 0 atom stereocenters. The molecule has 35 heavy (non-hydrogen) atoms. The van der Waals surface area contributed by atoms with Crippen molar-refractivity contribution in [2.75, 3.05) is 20.8 Å². The van der Waals surface area contributed by atoms with E-state index in [1.54, 1.807) is 0 Å². The third-order valence-electron chi connectivity index (χ3n) is 6.22. The van der Waals surface area contributed by atoms with Crippen LogP contribution in [0.5, 0.6) is 5.75 Å². The fraction of sp³-hybridized carbons (Fsp3) is 0.533. The van der Waals surface area contributed by atoms with Gasteiger partial charge >= 0.3 is 5.97 Å². The lowest BCUT2D eigenvalue weighted by Crippen LogP contribution is -2.25. The van der Waals surface area contributed by atoms with Crippen LogP contribution in [0.1, 0.15) is 82.8 Å². The number of methoxy groups -OCH3 is 1. The first-order chi connectivity index (χ1) is 17.0. The number of hydrogen-bond donors (Lipinski definition) is 0. The first-order valence-electron chi connectivity index (χ1n) is 13.1. The number of aryl methyl sites for hydroxylation is 1. The van der Waals surface area contributed by atoms with Gasteiger partial charge in [0, 0.05) is 32.0 Å². The minimum Gasteiger partial charge on any atom is -0.493 e. The van der Waals surface area contributed by atoms with Crippen molar-refractivity contribution in [2.45, 2.75) is 84.6 Å². The summed E-state index contributed by atoms with van der Waals surface area (Å²) >= 11 is 0. The molecule has 0 aliphatic rings. The fourth-order valence-corrected chi connectivity index (χ4v) is 4.02. The summed E-state index contributed by atoms with van der Waals surface area (Å²) in [7, 11) is 3.30. The number of amides is 1. The third kappa shape index (κ3) is 10.1. The van der Waals surface area contributed by atoms with E-state index >= 15 is 0 Å². The third-order valence-corrected chi connectivity index (χ3v) is 6.22. The number of unbranched alkanes of at least 4 members (excludes halogenated alkanes) is 5. The van der Waals surface area contributed by atoms with E-state index in [1.165, 1.54) is 26.4 Å². The molecule has 2 aromatic rings. The molecule has 192 valence electrons. The van der Waals surface area contributed by atoms with E-state index in [0.717, 1.165) is 53.7 Å². The van der Waals surface area contributed by atoms with Crippen LogP contribution in [-0.4, -0.2) is 37.5 Å². The minimum absolute atomic E-state index is 0.199. The van der Waals surface area contributed by atoms with Crippen molar-refractivity contribution in [3.63, 3.8) is 0 Å². The molecule has 0 spiro atoms. The predicted octanol–water partition coefficient (Wildman–Crippen LogP) is 6.96. The van der Waals surface area contributed by atoms with Gasteiger partial charge in [0.1, 0.15) is 5.75 Å². The van der Waals surface area contributed by atoms with Crippen molar-refractivity contribution in [1.29, 1.82) is 0 Å². The maximum absolute atomic E-state index is 12.6. The van der Waals surface area contributed by atoms with Crippen molar-refractivity contribution in [1.82, 2.24) is 4.90 Å². The summed E-state index contributed by atoms with van der Waals surface area (Å²) in [6.45, 7) is 5.58. The average molecular weight is 482 g/mol. The van der Waals surface area contributed by atoms with Gasteiger partial charge in [-0.05, 0) is 48.1 Å². The van der Waals surface area contributed by atoms with Crippen LogP contribution in [0.25, 0.3) is 11.1 Å². The number of carbonyl (C=O) groups excluding carboxylic acids is 2. The van der Waals surface area contributed by atoms with Gasteiger partial charge in [-0.15, -0.1) is 0 Å². The first-order valence-corrected chi connectivity index (χ1v) is 13.1. The first kappa shape index (κ1) is 28.4. The molecule has 0 bridgehead atoms. The van der Waals surface area contributed by atoms with Crippen LogP contribution in [-0.2, 0) is 27.3 Å².